The highest BCUT2D eigenvalue weighted by atomic mass is 35.5. The Labute approximate surface area is 178 Å². The molecule has 5 N–H and O–H groups in total. The van der Waals surface area contributed by atoms with Crippen LogP contribution in [0.1, 0.15) is 33.9 Å². The molecular weight excluding hydrogens is 425 g/mol. The van der Waals surface area contributed by atoms with Crippen LogP contribution in [-0.4, -0.2) is 29.6 Å². The number of halogens is 3. The lowest BCUT2D eigenvalue weighted by Gasteiger charge is -2.32. The number of carbonyl (C=O) groups is 2. The first-order valence-corrected chi connectivity index (χ1v) is 9.22. The molecule has 3 rings (SSSR count). The van der Waals surface area contributed by atoms with Gasteiger partial charge in [0.1, 0.15) is 6.04 Å². The summed E-state index contributed by atoms with van der Waals surface area (Å²) < 4.78 is 0. The number of carbonyl (C=O) groups excluding carboxylic acids is 1. The second-order valence-electron chi connectivity index (χ2n) is 6.38. The van der Waals surface area contributed by atoms with Crippen LogP contribution >= 0.6 is 35.6 Å². The Balaban J connectivity index is 0.00000280. The van der Waals surface area contributed by atoms with Crippen LogP contribution in [0.25, 0.3) is 0 Å². The molecule has 0 saturated heterocycles. The molecule has 28 heavy (non-hydrogen) atoms. The van der Waals surface area contributed by atoms with E-state index in [-0.39, 0.29) is 24.7 Å². The minimum Gasteiger partial charge on any atom is -0.480 e. The third kappa shape index (κ3) is 4.89. The van der Waals surface area contributed by atoms with E-state index in [0.717, 1.165) is 12.0 Å². The van der Waals surface area contributed by atoms with Crippen LogP contribution in [0.4, 0.5) is 5.69 Å². The van der Waals surface area contributed by atoms with Crippen molar-refractivity contribution in [2.75, 3.05) is 11.9 Å². The van der Waals surface area contributed by atoms with Gasteiger partial charge >= 0.3 is 5.97 Å². The van der Waals surface area contributed by atoms with Crippen LogP contribution in [0.2, 0.25) is 10.0 Å². The molecule has 2 aromatic carbocycles. The van der Waals surface area contributed by atoms with Crippen molar-refractivity contribution in [3.63, 3.8) is 0 Å². The largest absolute Gasteiger partial charge is 0.480 e. The summed E-state index contributed by atoms with van der Waals surface area (Å²) in [7, 11) is 0. The number of amides is 1. The summed E-state index contributed by atoms with van der Waals surface area (Å²) in [5.74, 6) is -1.32. The molecule has 0 bridgehead atoms. The summed E-state index contributed by atoms with van der Waals surface area (Å²) in [6.07, 6.45) is 0.904. The number of nitrogens with one attached hydrogen (secondary N) is 2. The number of carboxylic acid groups (broad SMARTS) is 1. The highest BCUT2D eigenvalue weighted by Crippen LogP contribution is 2.40. The van der Waals surface area contributed by atoms with Gasteiger partial charge < -0.3 is 21.5 Å². The number of rotatable bonds is 5. The van der Waals surface area contributed by atoms with Crippen LogP contribution in [0.3, 0.4) is 0 Å². The molecule has 0 radical (unpaired) electrons. The molecule has 1 amide bonds. The number of fused-ring (bicyclic) bond motifs is 1. The summed E-state index contributed by atoms with van der Waals surface area (Å²) >= 11 is 12.4. The molecule has 0 fully saturated rings. The fourth-order valence-electron chi connectivity index (χ4n) is 3.18. The van der Waals surface area contributed by atoms with Crippen molar-refractivity contribution in [2.45, 2.75) is 24.9 Å². The molecule has 0 spiro atoms. The molecule has 0 aromatic heterocycles. The summed E-state index contributed by atoms with van der Waals surface area (Å²) in [5.41, 5.74) is 8.20. The van der Waals surface area contributed by atoms with E-state index in [1.165, 1.54) is 0 Å². The van der Waals surface area contributed by atoms with Gasteiger partial charge in [-0.1, -0.05) is 35.3 Å². The monoisotopic (exact) mass is 443 g/mol. The van der Waals surface area contributed by atoms with E-state index in [0.29, 0.717) is 33.4 Å². The Morgan fingerprint density at radius 3 is 2.50 bits per heavy atom. The van der Waals surface area contributed by atoms with Crippen molar-refractivity contribution in [1.82, 2.24) is 5.32 Å². The molecule has 2 aromatic rings. The van der Waals surface area contributed by atoms with Crippen molar-refractivity contribution < 1.29 is 14.7 Å². The van der Waals surface area contributed by atoms with Gasteiger partial charge in [0.15, 0.2) is 0 Å². The average molecular weight is 445 g/mol. The fourth-order valence-corrected chi connectivity index (χ4v) is 3.81. The van der Waals surface area contributed by atoms with Gasteiger partial charge in [0.25, 0.3) is 5.91 Å². The predicted octanol–water partition coefficient (Wildman–Crippen LogP) is 3.66. The first kappa shape index (κ1) is 22.3. The maximum absolute atomic E-state index is 12.7. The second kappa shape index (κ2) is 9.47. The molecule has 1 aliphatic rings. The number of nitrogens with two attached hydrogens (primary N) is 1. The third-order valence-corrected chi connectivity index (χ3v) is 5.03. The maximum Gasteiger partial charge on any atom is 0.326 e. The molecule has 0 unspecified atom stereocenters. The molecule has 0 saturated carbocycles. The van der Waals surface area contributed by atoms with Crippen molar-refractivity contribution in [3.05, 3.63) is 63.1 Å². The lowest BCUT2D eigenvalue weighted by Crippen LogP contribution is -2.41. The Bertz CT molecular complexity index is 875. The van der Waals surface area contributed by atoms with Gasteiger partial charge in [-0.05, 0) is 42.8 Å². The average Bonchev–Trinajstić information content (AvgIpc) is 2.61. The van der Waals surface area contributed by atoms with Crippen molar-refractivity contribution >= 4 is 53.2 Å². The number of hydrogen-bond acceptors (Lipinski definition) is 4. The van der Waals surface area contributed by atoms with E-state index in [4.69, 9.17) is 28.9 Å². The van der Waals surface area contributed by atoms with Crippen LogP contribution in [0, 0.1) is 0 Å². The Hall–Kier alpha value is -1.99. The van der Waals surface area contributed by atoms with Gasteiger partial charge in [0.05, 0.1) is 6.04 Å². The Morgan fingerprint density at radius 1 is 1.21 bits per heavy atom. The third-order valence-electron chi connectivity index (χ3n) is 4.50. The molecule has 2 atom stereocenters. The van der Waals surface area contributed by atoms with E-state index >= 15 is 0 Å². The van der Waals surface area contributed by atoms with Crippen LogP contribution < -0.4 is 16.4 Å². The van der Waals surface area contributed by atoms with Crippen molar-refractivity contribution in [2.24, 2.45) is 5.73 Å². The zero-order valence-corrected chi connectivity index (χ0v) is 17.1. The normalized spacial score (nSPS) is 17.7. The van der Waals surface area contributed by atoms with Gasteiger partial charge in [-0.15, -0.1) is 12.4 Å². The van der Waals surface area contributed by atoms with Gasteiger partial charge in [-0.25, -0.2) is 4.79 Å². The van der Waals surface area contributed by atoms with Gasteiger partial charge in [-0.3, -0.25) is 4.79 Å². The van der Waals surface area contributed by atoms with E-state index in [1.54, 1.807) is 24.3 Å². The molecule has 1 heterocycles. The minimum absolute atomic E-state index is 0. The zero-order valence-electron chi connectivity index (χ0n) is 14.7. The zero-order chi connectivity index (χ0) is 19.6. The molecule has 6 nitrogen and oxygen atoms in total. The first-order valence-electron chi connectivity index (χ1n) is 8.47. The molecule has 9 heteroatoms. The number of benzene rings is 2. The second-order valence-corrected chi connectivity index (χ2v) is 7.22. The van der Waals surface area contributed by atoms with Gasteiger partial charge in [0.2, 0.25) is 0 Å². The summed E-state index contributed by atoms with van der Waals surface area (Å²) in [6, 6.07) is 8.92. The van der Waals surface area contributed by atoms with Crippen LogP contribution in [-0.2, 0) is 11.2 Å². The van der Waals surface area contributed by atoms with E-state index in [2.05, 4.69) is 10.6 Å². The van der Waals surface area contributed by atoms with Crippen LogP contribution in [0.5, 0.6) is 0 Å². The predicted molar refractivity (Wildman–Crippen MR) is 113 cm³/mol. The van der Waals surface area contributed by atoms with Crippen LogP contribution in [0.15, 0.2) is 36.4 Å². The number of aliphatic carboxylic acids is 1. The van der Waals surface area contributed by atoms with E-state index in [1.807, 2.05) is 12.1 Å². The summed E-state index contributed by atoms with van der Waals surface area (Å²) in [5, 5.41) is 16.0. The fraction of sp³-hybridized carbons (Fsp3) is 0.263. The maximum atomic E-state index is 12.7. The van der Waals surface area contributed by atoms with E-state index in [9.17, 15) is 14.7 Å². The Kier molecular flexibility index (Phi) is 7.55. The number of anilines is 1. The van der Waals surface area contributed by atoms with E-state index < -0.39 is 18.1 Å². The lowest BCUT2D eigenvalue weighted by molar-refractivity contribution is -0.138. The topological polar surface area (TPSA) is 104 Å². The van der Waals surface area contributed by atoms with Crippen molar-refractivity contribution in [1.29, 1.82) is 0 Å². The SMILES string of the molecule is Cl.NCCc1ccc(C(=O)N[C@H]2C[C@H](C(=O)O)Nc3cc(Cl)cc(Cl)c32)cc1. The number of carboxylic acids is 1. The summed E-state index contributed by atoms with van der Waals surface area (Å²) in [4.78, 5) is 24.2. The molecule has 150 valence electrons. The summed E-state index contributed by atoms with van der Waals surface area (Å²) in [6.45, 7) is 0.537. The smallest absolute Gasteiger partial charge is 0.326 e. The molecule has 1 aliphatic heterocycles. The van der Waals surface area contributed by atoms with Gasteiger partial charge in [-0.2, -0.15) is 0 Å². The first-order chi connectivity index (χ1) is 12.9. The molecular formula is C19H20Cl3N3O3. The number of hydrogen-bond donors (Lipinski definition) is 4. The lowest BCUT2D eigenvalue weighted by atomic mass is 9.92. The highest BCUT2D eigenvalue weighted by Gasteiger charge is 2.33. The quantitative estimate of drug-likeness (QED) is 0.563. The van der Waals surface area contributed by atoms with Gasteiger partial charge in [0, 0.05) is 33.3 Å². The highest BCUT2D eigenvalue weighted by molar-refractivity contribution is 6.35. The standard InChI is InChI=1S/C19H19Cl2N3O3.ClH/c20-12-7-13(21)17-14(8-12)23-16(19(26)27)9-15(17)24-18(25)11-3-1-10(2-4-11)5-6-22;/h1-4,7-8,15-16,23H,5-6,9,22H2,(H,24,25)(H,26,27);1H/t15-,16+;/m0./s1. The van der Waals surface area contributed by atoms with Crippen molar-refractivity contribution in [3.8, 4) is 0 Å². The minimum atomic E-state index is -1.01. The Morgan fingerprint density at radius 2 is 1.89 bits per heavy atom. The molecule has 0 aliphatic carbocycles.